The van der Waals surface area contributed by atoms with Crippen molar-refractivity contribution in [3.8, 4) is 11.5 Å². The number of aromatic hydroxyl groups is 1. The molecule has 0 bridgehead atoms. The Morgan fingerprint density at radius 3 is 2.36 bits per heavy atom. The molecule has 0 saturated heterocycles. The van der Waals surface area contributed by atoms with Gasteiger partial charge in [-0.05, 0) is 35.9 Å². The zero-order valence-corrected chi connectivity index (χ0v) is 13.2. The van der Waals surface area contributed by atoms with Crippen LogP contribution < -0.4 is 10.1 Å². The number of methoxy groups -OCH3 is 1. The van der Waals surface area contributed by atoms with Crippen molar-refractivity contribution < 1.29 is 32.9 Å². The molecule has 0 aliphatic rings. The molecule has 1 atom stereocenters. The highest BCUT2D eigenvalue weighted by molar-refractivity contribution is 5.97. The molecule has 3 N–H and O–H groups in total. The molecule has 134 valence electrons. The highest BCUT2D eigenvalue weighted by Crippen LogP contribution is 2.30. The van der Waals surface area contributed by atoms with Crippen LogP contribution in [0.4, 0.5) is 13.2 Å². The number of aliphatic hydroxyl groups excluding tert-OH is 1. The van der Waals surface area contributed by atoms with Crippen molar-refractivity contribution in [1.82, 2.24) is 5.32 Å². The second-order valence-electron chi connectivity index (χ2n) is 5.21. The third-order valence-corrected chi connectivity index (χ3v) is 3.56. The highest BCUT2D eigenvalue weighted by Gasteiger charge is 2.30. The van der Waals surface area contributed by atoms with Gasteiger partial charge in [0.1, 0.15) is 11.5 Å². The molecule has 0 spiro atoms. The summed E-state index contributed by atoms with van der Waals surface area (Å²) < 4.78 is 42.8. The number of carbonyl (C=O) groups excluding carboxylic acids is 1. The van der Waals surface area contributed by atoms with E-state index in [0.29, 0.717) is 5.56 Å². The number of nitrogens with one attached hydrogen (secondary N) is 1. The van der Waals surface area contributed by atoms with E-state index in [0.717, 1.165) is 12.1 Å². The van der Waals surface area contributed by atoms with Crippen LogP contribution in [0.25, 0.3) is 0 Å². The Bertz CT molecular complexity index is 745. The molecule has 0 aromatic heterocycles. The van der Waals surface area contributed by atoms with E-state index in [9.17, 15) is 28.2 Å². The molecule has 2 aromatic carbocycles. The average molecular weight is 355 g/mol. The quantitative estimate of drug-likeness (QED) is 0.771. The Morgan fingerprint density at radius 1 is 1.20 bits per heavy atom. The summed E-state index contributed by atoms with van der Waals surface area (Å²) in [5.74, 6) is -0.591. The minimum absolute atomic E-state index is 0.0351. The number of halogens is 3. The minimum atomic E-state index is -4.47. The van der Waals surface area contributed by atoms with Gasteiger partial charge in [-0.25, -0.2) is 0 Å². The van der Waals surface area contributed by atoms with E-state index in [1.807, 2.05) is 0 Å². The third-order valence-electron chi connectivity index (χ3n) is 3.56. The summed E-state index contributed by atoms with van der Waals surface area (Å²) in [6.45, 7) is -0.516. The van der Waals surface area contributed by atoms with Crippen molar-refractivity contribution in [2.45, 2.75) is 12.2 Å². The first kappa shape index (κ1) is 18.6. The van der Waals surface area contributed by atoms with Gasteiger partial charge in [-0.1, -0.05) is 12.1 Å². The molecule has 0 aliphatic heterocycles. The number of aliphatic hydroxyl groups is 1. The van der Waals surface area contributed by atoms with Gasteiger partial charge in [0.2, 0.25) is 0 Å². The summed E-state index contributed by atoms with van der Waals surface area (Å²) in [5, 5.41) is 21.5. The number of phenolic OH excluding ortho intramolecular Hbond substituents is 1. The summed E-state index contributed by atoms with van der Waals surface area (Å²) in [6.07, 6.45) is -4.47. The second-order valence-corrected chi connectivity index (χ2v) is 5.21. The minimum Gasteiger partial charge on any atom is -0.508 e. The number of rotatable bonds is 5. The first-order chi connectivity index (χ1) is 11.8. The average Bonchev–Trinajstić information content (AvgIpc) is 2.58. The molecule has 1 amide bonds. The maximum absolute atomic E-state index is 12.6. The zero-order chi connectivity index (χ0) is 18.6. The van der Waals surface area contributed by atoms with Crippen LogP contribution in [0.2, 0.25) is 0 Å². The van der Waals surface area contributed by atoms with E-state index in [-0.39, 0.29) is 17.1 Å². The molecule has 0 fully saturated rings. The van der Waals surface area contributed by atoms with Crippen molar-refractivity contribution in [2.75, 3.05) is 13.7 Å². The Morgan fingerprint density at radius 2 is 1.84 bits per heavy atom. The Balaban J connectivity index is 2.22. The molecule has 8 heteroatoms. The fourth-order valence-electron chi connectivity index (χ4n) is 2.25. The number of ether oxygens (including phenoxy) is 1. The SMILES string of the molecule is COc1ccc(O)cc1C(=O)NC(CO)c1ccc(C(F)(F)F)cc1. The molecule has 25 heavy (non-hydrogen) atoms. The number of hydrogen-bond acceptors (Lipinski definition) is 4. The molecule has 5 nitrogen and oxygen atoms in total. The van der Waals surface area contributed by atoms with Gasteiger partial charge in [-0.15, -0.1) is 0 Å². The van der Waals surface area contributed by atoms with E-state index in [2.05, 4.69) is 5.32 Å². The molecule has 0 radical (unpaired) electrons. The first-order valence-electron chi connectivity index (χ1n) is 7.22. The summed E-state index contributed by atoms with van der Waals surface area (Å²) in [7, 11) is 1.35. The summed E-state index contributed by atoms with van der Waals surface area (Å²) in [5.41, 5.74) is -0.482. The lowest BCUT2D eigenvalue weighted by molar-refractivity contribution is -0.137. The summed E-state index contributed by atoms with van der Waals surface area (Å²) >= 11 is 0. The number of hydrogen-bond donors (Lipinski definition) is 3. The standard InChI is InChI=1S/C17H16F3NO4/c1-25-15-7-6-12(23)8-13(15)16(24)21-14(9-22)10-2-4-11(5-3-10)17(18,19)20/h2-8,14,22-23H,9H2,1H3,(H,21,24). The number of benzene rings is 2. The fourth-order valence-corrected chi connectivity index (χ4v) is 2.25. The summed E-state index contributed by atoms with van der Waals surface area (Å²) in [6, 6.07) is 7.13. The van der Waals surface area contributed by atoms with Crippen molar-refractivity contribution in [2.24, 2.45) is 0 Å². The summed E-state index contributed by atoms with van der Waals surface area (Å²) in [4.78, 5) is 12.4. The van der Waals surface area contributed by atoms with Crippen LogP contribution in [-0.4, -0.2) is 29.8 Å². The molecule has 0 aliphatic carbocycles. The lowest BCUT2D eigenvalue weighted by atomic mass is 10.0. The van der Waals surface area contributed by atoms with E-state index in [4.69, 9.17) is 4.74 Å². The Labute approximate surface area is 141 Å². The van der Waals surface area contributed by atoms with Crippen LogP contribution in [0, 0.1) is 0 Å². The normalized spacial score (nSPS) is 12.5. The van der Waals surface area contributed by atoms with Gasteiger partial charge < -0.3 is 20.3 Å². The second kappa shape index (κ2) is 7.43. The molecular formula is C17H16F3NO4. The van der Waals surface area contributed by atoms with Gasteiger partial charge >= 0.3 is 6.18 Å². The highest BCUT2D eigenvalue weighted by atomic mass is 19.4. The predicted molar refractivity (Wildman–Crippen MR) is 83.4 cm³/mol. The van der Waals surface area contributed by atoms with Gasteiger partial charge in [0, 0.05) is 0 Å². The van der Waals surface area contributed by atoms with Gasteiger partial charge in [0.25, 0.3) is 5.91 Å². The van der Waals surface area contributed by atoms with E-state index in [1.165, 1.54) is 37.4 Å². The van der Waals surface area contributed by atoms with E-state index in [1.54, 1.807) is 0 Å². The van der Waals surface area contributed by atoms with Crippen LogP contribution in [0.15, 0.2) is 42.5 Å². The first-order valence-corrected chi connectivity index (χ1v) is 7.22. The van der Waals surface area contributed by atoms with E-state index >= 15 is 0 Å². The third kappa shape index (κ3) is 4.42. The monoisotopic (exact) mass is 355 g/mol. The smallest absolute Gasteiger partial charge is 0.416 e. The number of alkyl halides is 3. The number of phenols is 1. The zero-order valence-electron chi connectivity index (χ0n) is 13.2. The predicted octanol–water partition coefficient (Wildman–Crippen LogP) is 2.88. The maximum Gasteiger partial charge on any atom is 0.416 e. The van der Waals surface area contributed by atoms with Crippen molar-refractivity contribution in [3.63, 3.8) is 0 Å². The molecule has 2 rings (SSSR count). The number of amides is 1. The topological polar surface area (TPSA) is 78.8 Å². The molecule has 0 saturated carbocycles. The molecule has 0 heterocycles. The van der Waals surface area contributed by atoms with Crippen LogP contribution in [0.5, 0.6) is 11.5 Å². The van der Waals surface area contributed by atoms with Crippen LogP contribution >= 0.6 is 0 Å². The lowest BCUT2D eigenvalue weighted by Crippen LogP contribution is -2.31. The largest absolute Gasteiger partial charge is 0.508 e. The van der Waals surface area contributed by atoms with Crippen LogP contribution in [0.3, 0.4) is 0 Å². The van der Waals surface area contributed by atoms with Crippen molar-refractivity contribution in [1.29, 1.82) is 0 Å². The van der Waals surface area contributed by atoms with Crippen molar-refractivity contribution in [3.05, 3.63) is 59.2 Å². The van der Waals surface area contributed by atoms with Crippen LogP contribution in [-0.2, 0) is 6.18 Å². The molecular weight excluding hydrogens is 339 g/mol. The fraction of sp³-hybridized carbons (Fsp3) is 0.235. The van der Waals surface area contributed by atoms with E-state index < -0.39 is 30.3 Å². The van der Waals surface area contributed by atoms with Gasteiger partial charge in [-0.3, -0.25) is 4.79 Å². The van der Waals surface area contributed by atoms with Crippen LogP contribution in [0.1, 0.15) is 27.5 Å². The molecule has 2 aromatic rings. The maximum atomic E-state index is 12.6. The Kier molecular flexibility index (Phi) is 5.53. The van der Waals surface area contributed by atoms with Gasteiger partial charge in [0.15, 0.2) is 0 Å². The van der Waals surface area contributed by atoms with Crippen molar-refractivity contribution >= 4 is 5.91 Å². The Hall–Kier alpha value is -2.74. The van der Waals surface area contributed by atoms with Gasteiger partial charge in [0.05, 0.1) is 30.9 Å². The molecule has 1 unspecified atom stereocenters. The van der Waals surface area contributed by atoms with Gasteiger partial charge in [-0.2, -0.15) is 13.2 Å². The lowest BCUT2D eigenvalue weighted by Gasteiger charge is -2.18. The number of carbonyl (C=O) groups is 1.